The number of hydrogen-bond donors (Lipinski definition) is 2. The van der Waals surface area contributed by atoms with Crippen molar-refractivity contribution in [3.05, 3.63) is 34.9 Å². The second kappa shape index (κ2) is 10.3. The third-order valence-corrected chi connectivity index (χ3v) is 5.17. The molecule has 0 saturated carbocycles. The standard InChI is InChI=1S/C18H26ClN3O2.ClH/c19-16-3-1-14(2-4-16)17(22-9-11-24-12-10-22)13-21-18(23)15-5-7-20-8-6-15;/h1-4,15,17,20H,5-13H2,(H,21,23);1H. The van der Waals surface area contributed by atoms with Crippen molar-refractivity contribution in [2.24, 2.45) is 5.92 Å². The lowest BCUT2D eigenvalue weighted by molar-refractivity contribution is -0.126. The van der Waals surface area contributed by atoms with Gasteiger partial charge in [-0.2, -0.15) is 0 Å². The number of benzene rings is 1. The van der Waals surface area contributed by atoms with Gasteiger partial charge in [-0.05, 0) is 43.6 Å². The zero-order chi connectivity index (χ0) is 16.8. The molecule has 2 aliphatic rings. The smallest absolute Gasteiger partial charge is 0.223 e. The molecule has 1 aromatic rings. The van der Waals surface area contributed by atoms with Crippen LogP contribution >= 0.6 is 24.0 Å². The van der Waals surface area contributed by atoms with Gasteiger partial charge in [0.2, 0.25) is 5.91 Å². The maximum Gasteiger partial charge on any atom is 0.223 e. The van der Waals surface area contributed by atoms with Gasteiger partial charge in [0.25, 0.3) is 0 Å². The quantitative estimate of drug-likeness (QED) is 0.813. The average Bonchev–Trinajstić information content (AvgIpc) is 2.65. The first kappa shape index (κ1) is 20.5. The molecular weight excluding hydrogens is 361 g/mol. The van der Waals surface area contributed by atoms with Crippen molar-refractivity contribution in [3.63, 3.8) is 0 Å². The van der Waals surface area contributed by atoms with Crippen molar-refractivity contribution in [2.45, 2.75) is 18.9 Å². The number of nitrogens with one attached hydrogen (secondary N) is 2. The molecule has 2 N–H and O–H groups in total. The summed E-state index contributed by atoms with van der Waals surface area (Å²) in [5.41, 5.74) is 1.19. The fraction of sp³-hybridized carbons (Fsp3) is 0.611. The lowest BCUT2D eigenvalue weighted by Crippen LogP contribution is -2.45. The molecule has 25 heavy (non-hydrogen) atoms. The summed E-state index contributed by atoms with van der Waals surface area (Å²) < 4.78 is 5.47. The molecule has 1 unspecified atom stereocenters. The first-order valence-electron chi connectivity index (χ1n) is 8.80. The molecule has 2 aliphatic heterocycles. The van der Waals surface area contributed by atoms with Crippen LogP contribution in [0.5, 0.6) is 0 Å². The summed E-state index contributed by atoms with van der Waals surface area (Å²) in [6.07, 6.45) is 1.85. The Balaban J connectivity index is 0.00000225. The van der Waals surface area contributed by atoms with E-state index in [0.717, 1.165) is 57.3 Å². The summed E-state index contributed by atoms with van der Waals surface area (Å²) >= 11 is 6.02. The van der Waals surface area contributed by atoms with E-state index >= 15 is 0 Å². The van der Waals surface area contributed by atoms with Gasteiger partial charge in [0.1, 0.15) is 0 Å². The Morgan fingerprint density at radius 1 is 1.24 bits per heavy atom. The van der Waals surface area contributed by atoms with Gasteiger partial charge in [-0.25, -0.2) is 0 Å². The van der Waals surface area contributed by atoms with Gasteiger partial charge in [0.15, 0.2) is 0 Å². The van der Waals surface area contributed by atoms with E-state index in [2.05, 4.69) is 27.7 Å². The van der Waals surface area contributed by atoms with E-state index in [9.17, 15) is 4.79 Å². The Morgan fingerprint density at radius 2 is 1.88 bits per heavy atom. The molecule has 0 radical (unpaired) electrons. The molecule has 0 aromatic heterocycles. The van der Waals surface area contributed by atoms with Gasteiger partial charge in [0.05, 0.1) is 19.3 Å². The van der Waals surface area contributed by atoms with Crippen molar-refractivity contribution in [1.82, 2.24) is 15.5 Å². The lowest BCUT2D eigenvalue weighted by Gasteiger charge is -2.35. The number of amides is 1. The highest BCUT2D eigenvalue weighted by Crippen LogP contribution is 2.23. The third-order valence-electron chi connectivity index (χ3n) is 4.92. The van der Waals surface area contributed by atoms with Crippen LogP contribution in [0.4, 0.5) is 0 Å². The Morgan fingerprint density at radius 3 is 2.52 bits per heavy atom. The summed E-state index contributed by atoms with van der Waals surface area (Å²) in [7, 11) is 0. The number of rotatable bonds is 5. The molecule has 3 rings (SSSR count). The van der Waals surface area contributed by atoms with Crippen molar-refractivity contribution in [1.29, 1.82) is 0 Å². The number of ether oxygens (including phenoxy) is 1. The minimum atomic E-state index is 0. The van der Waals surface area contributed by atoms with Crippen molar-refractivity contribution in [2.75, 3.05) is 45.9 Å². The number of piperidine rings is 1. The van der Waals surface area contributed by atoms with Gasteiger partial charge in [-0.15, -0.1) is 12.4 Å². The fourth-order valence-electron chi connectivity index (χ4n) is 3.46. The van der Waals surface area contributed by atoms with Crippen LogP contribution in [0.1, 0.15) is 24.4 Å². The van der Waals surface area contributed by atoms with Gasteiger partial charge >= 0.3 is 0 Å². The Hall–Kier alpha value is -0.850. The summed E-state index contributed by atoms with van der Waals surface area (Å²) in [6, 6.07) is 8.10. The molecular formula is C18H27Cl2N3O2. The van der Waals surface area contributed by atoms with Crippen LogP contribution in [0.3, 0.4) is 0 Å². The largest absolute Gasteiger partial charge is 0.379 e. The van der Waals surface area contributed by atoms with Crippen molar-refractivity contribution < 1.29 is 9.53 Å². The van der Waals surface area contributed by atoms with Gasteiger partial charge in [-0.3, -0.25) is 9.69 Å². The van der Waals surface area contributed by atoms with Gasteiger partial charge in [0, 0.05) is 30.6 Å². The SMILES string of the molecule is Cl.O=C(NCC(c1ccc(Cl)cc1)N1CCOCC1)C1CCNCC1. The molecule has 5 nitrogen and oxygen atoms in total. The Labute approximate surface area is 160 Å². The molecule has 1 atom stereocenters. The highest BCUT2D eigenvalue weighted by Gasteiger charge is 2.25. The van der Waals surface area contributed by atoms with Crippen LogP contribution in [0.15, 0.2) is 24.3 Å². The lowest BCUT2D eigenvalue weighted by atomic mass is 9.97. The van der Waals surface area contributed by atoms with Crippen LogP contribution in [0.2, 0.25) is 5.02 Å². The highest BCUT2D eigenvalue weighted by atomic mass is 35.5. The van der Waals surface area contributed by atoms with E-state index in [4.69, 9.17) is 16.3 Å². The predicted octanol–water partition coefficient (Wildman–Crippen LogP) is 2.25. The zero-order valence-corrected chi connectivity index (χ0v) is 16.0. The first-order chi connectivity index (χ1) is 11.7. The van der Waals surface area contributed by atoms with Crippen molar-refractivity contribution >= 4 is 29.9 Å². The Kier molecular flexibility index (Phi) is 8.46. The molecule has 1 aromatic carbocycles. The number of carbonyl (C=O) groups excluding carboxylic acids is 1. The molecule has 2 fully saturated rings. The molecule has 140 valence electrons. The van der Waals surface area contributed by atoms with E-state index in [1.165, 1.54) is 5.56 Å². The monoisotopic (exact) mass is 387 g/mol. The second-order valence-electron chi connectivity index (χ2n) is 6.49. The molecule has 2 heterocycles. The summed E-state index contributed by atoms with van der Waals surface area (Å²) in [6.45, 7) is 5.75. The van der Waals surface area contributed by atoms with E-state index in [0.29, 0.717) is 6.54 Å². The molecule has 0 bridgehead atoms. The molecule has 2 saturated heterocycles. The van der Waals surface area contributed by atoms with E-state index in [-0.39, 0.29) is 30.3 Å². The van der Waals surface area contributed by atoms with Crippen LogP contribution in [0, 0.1) is 5.92 Å². The number of morpholine rings is 1. The third kappa shape index (κ3) is 5.83. The van der Waals surface area contributed by atoms with Crippen LogP contribution in [-0.4, -0.2) is 56.7 Å². The van der Waals surface area contributed by atoms with Gasteiger partial charge in [-0.1, -0.05) is 23.7 Å². The van der Waals surface area contributed by atoms with Crippen LogP contribution < -0.4 is 10.6 Å². The highest BCUT2D eigenvalue weighted by molar-refractivity contribution is 6.30. The average molecular weight is 388 g/mol. The number of nitrogens with zero attached hydrogens (tertiary/aromatic N) is 1. The minimum Gasteiger partial charge on any atom is -0.379 e. The first-order valence-corrected chi connectivity index (χ1v) is 9.17. The topological polar surface area (TPSA) is 53.6 Å². The van der Waals surface area contributed by atoms with Crippen molar-refractivity contribution in [3.8, 4) is 0 Å². The molecule has 0 spiro atoms. The fourth-order valence-corrected chi connectivity index (χ4v) is 3.58. The molecule has 1 amide bonds. The summed E-state index contributed by atoms with van der Waals surface area (Å²) in [5, 5.41) is 7.22. The maximum absolute atomic E-state index is 12.5. The Bertz CT molecular complexity index is 530. The predicted molar refractivity (Wildman–Crippen MR) is 102 cm³/mol. The van der Waals surface area contributed by atoms with E-state index in [1.54, 1.807) is 0 Å². The maximum atomic E-state index is 12.5. The van der Waals surface area contributed by atoms with E-state index in [1.807, 2.05) is 12.1 Å². The number of hydrogen-bond acceptors (Lipinski definition) is 4. The second-order valence-corrected chi connectivity index (χ2v) is 6.92. The number of halogens is 2. The van der Waals surface area contributed by atoms with Crippen LogP contribution in [-0.2, 0) is 9.53 Å². The zero-order valence-electron chi connectivity index (χ0n) is 14.4. The number of carbonyl (C=O) groups is 1. The van der Waals surface area contributed by atoms with E-state index < -0.39 is 0 Å². The van der Waals surface area contributed by atoms with Crippen LogP contribution in [0.25, 0.3) is 0 Å². The summed E-state index contributed by atoms with van der Waals surface area (Å²) in [5.74, 6) is 0.325. The molecule has 0 aliphatic carbocycles. The minimum absolute atomic E-state index is 0. The molecule has 7 heteroatoms. The summed E-state index contributed by atoms with van der Waals surface area (Å²) in [4.78, 5) is 14.9. The van der Waals surface area contributed by atoms with Gasteiger partial charge < -0.3 is 15.4 Å². The normalized spacial score (nSPS) is 20.5.